The van der Waals surface area contributed by atoms with Crippen molar-refractivity contribution >= 4 is 24.3 Å². The van der Waals surface area contributed by atoms with Gasteiger partial charge in [-0.1, -0.05) is 48.6 Å². The van der Waals surface area contributed by atoms with Crippen LogP contribution in [0.5, 0.6) is 0 Å². The normalized spacial score (nSPS) is 19.3. The van der Waals surface area contributed by atoms with Gasteiger partial charge in [-0.2, -0.15) is 0 Å². The van der Waals surface area contributed by atoms with Gasteiger partial charge in [0.25, 0.3) is 0 Å². The van der Waals surface area contributed by atoms with Crippen LogP contribution in [0.4, 0.5) is 0 Å². The molecule has 17 heavy (non-hydrogen) atoms. The van der Waals surface area contributed by atoms with Gasteiger partial charge in [0.15, 0.2) is 0 Å². The van der Waals surface area contributed by atoms with Crippen LogP contribution in [0.2, 0.25) is 5.82 Å². The molecular weight excluding hydrogens is 205 g/mol. The number of rotatable bonds is 1. The van der Waals surface area contributed by atoms with Crippen LogP contribution in [0.3, 0.4) is 0 Å². The largest absolute Gasteiger partial charge is 0.361 e. The molecule has 0 fully saturated rings. The van der Waals surface area contributed by atoms with Crippen molar-refractivity contribution < 1.29 is 0 Å². The first kappa shape index (κ1) is 10.2. The predicted octanol–water partition coefficient (Wildman–Crippen LogP) is 3.63. The highest BCUT2D eigenvalue weighted by Gasteiger charge is 2.06. The first-order chi connectivity index (χ1) is 8.34. The molecule has 0 saturated heterocycles. The second-order valence-corrected chi connectivity index (χ2v) is 4.19. The zero-order valence-electron chi connectivity index (χ0n) is 9.43. The Labute approximate surface area is 102 Å². The fraction of sp³-hybridized carbons (Fsp3) is 0.0667. The van der Waals surface area contributed by atoms with E-state index >= 15 is 0 Å². The fourth-order valence-corrected chi connectivity index (χ4v) is 2.11. The van der Waals surface area contributed by atoms with Crippen LogP contribution >= 0.6 is 0 Å². The van der Waals surface area contributed by atoms with Gasteiger partial charge in [0, 0.05) is 22.7 Å². The van der Waals surface area contributed by atoms with Gasteiger partial charge in [0.2, 0.25) is 0 Å². The molecule has 1 aromatic carbocycles. The number of para-hydroxylation sites is 1. The summed E-state index contributed by atoms with van der Waals surface area (Å²) >= 11 is 0. The maximum Gasteiger partial charge on any atom is 0.0811 e. The van der Waals surface area contributed by atoms with Crippen LogP contribution in [0.15, 0.2) is 60.8 Å². The molecule has 0 saturated carbocycles. The van der Waals surface area contributed by atoms with E-state index in [0.717, 1.165) is 5.52 Å². The van der Waals surface area contributed by atoms with Gasteiger partial charge in [-0.15, -0.1) is 0 Å². The first-order valence-electron chi connectivity index (χ1n) is 5.73. The van der Waals surface area contributed by atoms with E-state index < -0.39 is 0 Å². The minimum Gasteiger partial charge on any atom is -0.361 e. The average molecular weight is 217 g/mol. The van der Waals surface area contributed by atoms with Crippen molar-refractivity contribution in [3.05, 3.63) is 66.4 Å². The van der Waals surface area contributed by atoms with E-state index in [1.165, 1.54) is 16.5 Å². The minimum atomic E-state index is 0.00829. The molecular formula is C15H12BN. The van der Waals surface area contributed by atoms with Crippen molar-refractivity contribution in [2.75, 3.05) is 0 Å². The molecule has 0 amide bonds. The predicted molar refractivity (Wildman–Crippen MR) is 74.1 cm³/mol. The number of aromatic nitrogens is 1. The molecule has 0 bridgehead atoms. The standard InChI is InChI=1S/C15H12BN/c16-12-5-3-4-11(8-9-12)14-10-17-15-7-2-1-6-13(14)15/h1-10,12,17H. The summed E-state index contributed by atoms with van der Waals surface area (Å²) in [6, 6.07) is 8.31. The molecule has 2 radical (unpaired) electrons. The number of allylic oxidation sites excluding steroid dienone is 6. The summed E-state index contributed by atoms with van der Waals surface area (Å²) in [4.78, 5) is 3.29. The quantitative estimate of drug-likeness (QED) is 0.702. The molecule has 3 rings (SSSR count). The van der Waals surface area contributed by atoms with Gasteiger partial charge in [-0.25, -0.2) is 0 Å². The van der Waals surface area contributed by atoms with Crippen molar-refractivity contribution in [3.63, 3.8) is 0 Å². The van der Waals surface area contributed by atoms with E-state index in [1.54, 1.807) is 0 Å². The van der Waals surface area contributed by atoms with E-state index in [2.05, 4.69) is 35.3 Å². The third-order valence-corrected chi connectivity index (χ3v) is 3.01. The zero-order valence-corrected chi connectivity index (χ0v) is 9.43. The molecule has 2 aromatic rings. The fourth-order valence-electron chi connectivity index (χ4n) is 2.11. The van der Waals surface area contributed by atoms with Gasteiger partial charge in [-0.3, -0.25) is 0 Å². The highest BCUT2D eigenvalue weighted by molar-refractivity contribution is 6.14. The number of H-pyrrole nitrogens is 1. The van der Waals surface area contributed by atoms with Crippen molar-refractivity contribution in [2.24, 2.45) is 0 Å². The van der Waals surface area contributed by atoms with Crippen molar-refractivity contribution in [1.82, 2.24) is 4.98 Å². The molecule has 1 aliphatic rings. The molecule has 0 spiro atoms. The number of aromatic amines is 1. The molecule has 1 nitrogen and oxygen atoms in total. The van der Waals surface area contributed by atoms with Gasteiger partial charge in [0.05, 0.1) is 7.85 Å². The first-order valence-corrected chi connectivity index (χ1v) is 5.73. The Morgan fingerprint density at radius 1 is 1.12 bits per heavy atom. The molecule has 1 aromatic heterocycles. The molecule has 2 heteroatoms. The summed E-state index contributed by atoms with van der Waals surface area (Å²) in [5, 5.41) is 1.24. The number of nitrogens with one attached hydrogen (secondary N) is 1. The second kappa shape index (κ2) is 4.13. The van der Waals surface area contributed by atoms with Crippen LogP contribution in [0.1, 0.15) is 5.56 Å². The topological polar surface area (TPSA) is 15.8 Å². The van der Waals surface area contributed by atoms with Crippen molar-refractivity contribution in [1.29, 1.82) is 0 Å². The lowest BCUT2D eigenvalue weighted by atomic mass is 9.87. The monoisotopic (exact) mass is 217 g/mol. The molecule has 80 valence electrons. The number of fused-ring (bicyclic) bond motifs is 1. The number of benzene rings is 1. The van der Waals surface area contributed by atoms with E-state index in [-0.39, 0.29) is 5.82 Å². The third-order valence-electron chi connectivity index (χ3n) is 3.01. The van der Waals surface area contributed by atoms with Crippen LogP contribution in [0.25, 0.3) is 16.5 Å². The Kier molecular flexibility index (Phi) is 2.48. The Morgan fingerprint density at radius 3 is 2.94 bits per heavy atom. The molecule has 1 atom stereocenters. The lowest BCUT2D eigenvalue weighted by Gasteiger charge is -1.99. The SMILES string of the molecule is [B]C1C=CC=C(c2c[nH]c3ccccc23)C=C1. The molecule has 1 unspecified atom stereocenters. The van der Waals surface area contributed by atoms with Crippen LogP contribution in [-0.2, 0) is 0 Å². The van der Waals surface area contributed by atoms with Crippen molar-refractivity contribution in [3.8, 4) is 0 Å². The van der Waals surface area contributed by atoms with Crippen molar-refractivity contribution in [2.45, 2.75) is 5.82 Å². The maximum absolute atomic E-state index is 5.85. The van der Waals surface area contributed by atoms with Gasteiger partial charge < -0.3 is 4.98 Å². The lowest BCUT2D eigenvalue weighted by Crippen LogP contribution is -1.79. The summed E-state index contributed by atoms with van der Waals surface area (Å²) in [7, 11) is 5.85. The Bertz CT molecular complexity index is 631. The van der Waals surface area contributed by atoms with Gasteiger partial charge in [-0.05, 0) is 17.5 Å². The maximum atomic E-state index is 5.85. The van der Waals surface area contributed by atoms with E-state index in [9.17, 15) is 0 Å². The van der Waals surface area contributed by atoms with Crippen LogP contribution < -0.4 is 0 Å². The summed E-state index contributed by atoms with van der Waals surface area (Å²) < 4.78 is 0. The summed E-state index contributed by atoms with van der Waals surface area (Å²) in [5.41, 5.74) is 3.57. The number of hydrogen-bond donors (Lipinski definition) is 1. The van der Waals surface area contributed by atoms with Crippen LogP contribution in [-0.4, -0.2) is 12.8 Å². The highest BCUT2D eigenvalue weighted by atomic mass is 14.7. The Morgan fingerprint density at radius 2 is 2.00 bits per heavy atom. The Hall–Kier alpha value is -1.96. The van der Waals surface area contributed by atoms with Gasteiger partial charge >= 0.3 is 0 Å². The average Bonchev–Trinajstić information content (AvgIpc) is 2.66. The van der Waals surface area contributed by atoms with E-state index in [4.69, 9.17) is 7.85 Å². The number of hydrogen-bond acceptors (Lipinski definition) is 0. The molecule has 1 heterocycles. The molecule has 0 aliphatic heterocycles. The third kappa shape index (κ3) is 1.87. The summed E-state index contributed by atoms with van der Waals surface area (Å²) in [6.45, 7) is 0. The smallest absolute Gasteiger partial charge is 0.0811 e. The lowest BCUT2D eigenvalue weighted by molar-refractivity contribution is 1.38. The molecule has 1 N–H and O–H groups in total. The molecule has 1 aliphatic carbocycles. The minimum absolute atomic E-state index is 0.00829. The second-order valence-electron chi connectivity index (χ2n) is 4.19. The highest BCUT2D eigenvalue weighted by Crippen LogP contribution is 2.27. The van der Waals surface area contributed by atoms with E-state index in [0.29, 0.717) is 0 Å². The summed E-state index contributed by atoms with van der Waals surface area (Å²) in [5.74, 6) is 0.00829. The van der Waals surface area contributed by atoms with Gasteiger partial charge in [0.1, 0.15) is 0 Å². The summed E-state index contributed by atoms with van der Waals surface area (Å²) in [6.07, 6.45) is 12.2. The van der Waals surface area contributed by atoms with Crippen LogP contribution in [0, 0.1) is 0 Å². The zero-order chi connectivity index (χ0) is 11.7. The Balaban J connectivity index is 2.13. The van der Waals surface area contributed by atoms with E-state index in [1.807, 2.05) is 30.5 Å².